The molecule has 0 aliphatic carbocycles. The minimum absolute atomic E-state index is 0.478. The number of aromatic nitrogens is 1. The van der Waals surface area contributed by atoms with Crippen molar-refractivity contribution in [3.05, 3.63) is 77.2 Å². The molecule has 0 aliphatic rings. The highest BCUT2D eigenvalue weighted by atomic mass is 32.1. The molecule has 0 aliphatic heterocycles. The Labute approximate surface area is 158 Å². The first-order chi connectivity index (χ1) is 12.8. The van der Waals surface area contributed by atoms with Gasteiger partial charge >= 0.3 is 0 Å². The lowest BCUT2D eigenvalue weighted by Crippen LogP contribution is -1.97. The second kappa shape index (κ2) is 9.17. The first kappa shape index (κ1) is 18.2. The van der Waals surface area contributed by atoms with Gasteiger partial charge in [0.15, 0.2) is 0 Å². The smallest absolute Gasteiger partial charge is 0.131 e. The molecule has 0 atom stereocenters. The molecule has 26 heavy (non-hydrogen) atoms. The van der Waals surface area contributed by atoms with Gasteiger partial charge in [-0.3, -0.25) is 0 Å². The van der Waals surface area contributed by atoms with Crippen LogP contribution in [0.1, 0.15) is 29.0 Å². The summed E-state index contributed by atoms with van der Waals surface area (Å²) in [5, 5.41) is 9.55. The number of nitrogens with zero attached hydrogens (tertiary/aromatic N) is 2. The number of hydrogen-bond donors (Lipinski definition) is 0. The van der Waals surface area contributed by atoms with Crippen LogP contribution in [-0.2, 0) is 13.0 Å². The maximum absolute atomic E-state index is 8.51. The number of hydrogen-bond acceptors (Lipinski definition) is 4. The van der Waals surface area contributed by atoms with Gasteiger partial charge in [-0.25, -0.2) is 4.98 Å². The van der Waals surface area contributed by atoms with E-state index in [1.165, 1.54) is 10.4 Å². The van der Waals surface area contributed by atoms with Crippen molar-refractivity contribution in [3.8, 4) is 22.4 Å². The topological polar surface area (TPSA) is 45.9 Å². The molecular weight excluding hydrogens is 340 g/mol. The molecule has 0 N–H and O–H groups in total. The van der Waals surface area contributed by atoms with Crippen LogP contribution < -0.4 is 4.74 Å². The summed E-state index contributed by atoms with van der Waals surface area (Å²) in [6.45, 7) is 2.57. The number of nitriles is 1. The molecule has 131 valence electrons. The van der Waals surface area contributed by atoms with Crippen LogP contribution >= 0.6 is 11.3 Å². The largest absolute Gasteiger partial charge is 0.487 e. The second-order valence-electron chi connectivity index (χ2n) is 6.05. The third-order valence-corrected chi connectivity index (χ3v) is 5.18. The molecule has 0 unspecified atom stereocenters. The highest BCUT2D eigenvalue weighted by Gasteiger charge is 2.10. The summed E-state index contributed by atoms with van der Waals surface area (Å²) in [5.74, 6) is 0.853. The van der Waals surface area contributed by atoms with Crippen molar-refractivity contribution >= 4 is 11.3 Å². The van der Waals surface area contributed by atoms with Gasteiger partial charge in [-0.1, -0.05) is 42.5 Å². The van der Waals surface area contributed by atoms with Crippen LogP contribution in [-0.4, -0.2) is 4.98 Å². The third kappa shape index (κ3) is 4.93. The summed E-state index contributed by atoms with van der Waals surface area (Å²) in [6, 6.07) is 20.5. The quantitative estimate of drug-likeness (QED) is 0.480. The SMILES string of the molecule is Cc1sc(-c2ccccc2)nc1COc1ccc(CCC[CH]C#N)cc1. The predicted octanol–water partition coefficient (Wildman–Crippen LogP) is 5.75. The Bertz CT molecular complexity index is 863. The molecule has 0 bridgehead atoms. The standard InChI is InChI=1S/C22H21N2OS/c1-17-21(24-22(26-17)19-9-5-2-6-10-19)16-25-20-13-11-18(12-14-20)8-4-3-7-15-23/h2,5-7,9-14H,3-4,8,16H2,1H3. The van der Waals surface area contributed by atoms with Gasteiger partial charge < -0.3 is 4.74 Å². The fourth-order valence-corrected chi connectivity index (χ4v) is 3.57. The first-order valence-corrected chi connectivity index (χ1v) is 9.52. The van der Waals surface area contributed by atoms with Crippen molar-refractivity contribution in [2.45, 2.75) is 32.8 Å². The molecule has 1 heterocycles. The molecule has 2 aromatic carbocycles. The zero-order valence-corrected chi connectivity index (χ0v) is 15.6. The van der Waals surface area contributed by atoms with Gasteiger partial charge in [-0.15, -0.1) is 11.3 Å². The summed E-state index contributed by atoms with van der Waals surface area (Å²) in [4.78, 5) is 5.92. The van der Waals surface area contributed by atoms with Crippen LogP contribution in [0.15, 0.2) is 54.6 Å². The first-order valence-electron chi connectivity index (χ1n) is 8.71. The monoisotopic (exact) mass is 361 g/mol. The van der Waals surface area contributed by atoms with E-state index in [0.29, 0.717) is 6.61 Å². The fourth-order valence-electron chi connectivity index (χ4n) is 2.64. The van der Waals surface area contributed by atoms with Gasteiger partial charge in [0.1, 0.15) is 17.4 Å². The number of benzene rings is 2. The summed E-state index contributed by atoms with van der Waals surface area (Å²) >= 11 is 1.70. The van der Waals surface area contributed by atoms with Crippen LogP contribution in [0.3, 0.4) is 0 Å². The zero-order valence-electron chi connectivity index (χ0n) is 14.8. The molecule has 0 saturated carbocycles. The van der Waals surface area contributed by atoms with Crippen LogP contribution in [0.5, 0.6) is 5.75 Å². The molecule has 0 spiro atoms. The number of aryl methyl sites for hydroxylation is 2. The second-order valence-corrected chi connectivity index (χ2v) is 7.25. The van der Waals surface area contributed by atoms with E-state index < -0.39 is 0 Å². The van der Waals surface area contributed by atoms with E-state index in [9.17, 15) is 0 Å². The van der Waals surface area contributed by atoms with Gasteiger partial charge in [0.2, 0.25) is 0 Å². The zero-order chi connectivity index (χ0) is 18.2. The Morgan fingerprint density at radius 1 is 1.12 bits per heavy atom. The van der Waals surface area contributed by atoms with E-state index in [1.54, 1.807) is 17.8 Å². The maximum Gasteiger partial charge on any atom is 0.131 e. The lowest BCUT2D eigenvalue weighted by molar-refractivity contribution is 0.301. The number of thiazole rings is 1. The molecular formula is C22H21N2OS. The average Bonchev–Trinajstić information content (AvgIpc) is 3.06. The minimum atomic E-state index is 0.478. The molecule has 0 amide bonds. The molecule has 4 heteroatoms. The van der Waals surface area contributed by atoms with Crippen molar-refractivity contribution in [2.75, 3.05) is 0 Å². The summed E-state index contributed by atoms with van der Waals surface area (Å²) in [6.07, 6.45) is 4.46. The highest BCUT2D eigenvalue weighted by Crippen LogP contribution is 2.28. The van der Waals surface area contributed by atoms with E-state index in [1.807, 2.05) is 30.3 Å². The van der Waals surface area contributed by atoms with Gasteiger partial charge in [-0.05, 0) is 43.9 Å². The van der Waals surface area contributed by atoms with Crippen molar-refractivity contribution in [2.24, 2.45) is 0 Å². The van der Waals surface area contributed by atoms with E-state index >= 15 is 0 Å². The Balaban J connectivity index is 1.56. The predicted molar refractivity (Wildman–Crippen MR) is 106 cm³/mol. The molecule has 0 saturated heterocycles. The normalized spacial score (nSPS) is 10.5. The highest BCUT2D eigenvalue weighted by molar-refractivity contribution is 7.15. The van der Waals surface area contributed by atoms with E-state index in [-0.39, 0.29) is 0 Å². The maximum atomic E-state index is 8.51. The van der Waals surface area contributed by atoms with Crippen molar-refractivity contribution in [1.82, 2.24) is 4.98 Å². The molecule has 0 fully saturated rings. The van der Waals surface area contributed by atoms with Crippen LogP contribution in [0.2, 0.25) is 0 Å². The Hall–Kier alpha value is -2.64. The average molecular weight is 361 g/mol. The Morgan fingerprint density at radius 2 is 1.88 bits per heavy atom. The van der Waals surface area contributed by atoms with Gasteiger partial charge in [-0.2, -0.15) is 5.26 Å². The Morgan fingerprint density at radius 3 is 2.62 bits per heavy atom. The van der Waals surface area contributed by atoms with E-state index in [2.05, 4.69) is 37.3 Å². The molecule has 3 nitrogen and oxygen atoms in total. The van der Waals surface area contributed by atoms with Crippen molar-refractivity contribution in [1.29, 1.82) is 5.26 Å². The Kier molecular flexibility index (Phi) is 6.40. The molecule has 3 aromatic rings. The van der Waals surface area contributed by atoms with Crippen LogP contribution in [0.25, 0.3) is 10.6 Å². The molecule has 3 rings (SSSR count). The van der Waals surface area contributed by atoms with Crippen LogP contribution in [0.4, 0.5) is 0 Å². The number of ether oxygens (including phenoxy) is 1. The van der Waals surface area contributed by atoms with E-state index in [4.69, 9.17) is 15.0 Å². The van der Waals surface area contributed by atoms with Gasteiger partial charge in [0, 0.05) is 10.4 Å². The third-order valence-electron chi connectivity index (χ3n) is 4.12. The van der Waals surface area contributed by atoms with Crippen LogP contribution in [0, 0.1) is 24.7 Å². The minimum Gasteiger partial charge on any atom is -0.487 e. The molecule has 1 aromatic heterocycles. The van der Waals surface area contributed by atoms with Gasteiger partial charge in [0.25, 0.3) is 0 Å². The van der Waals surface area contributed by atoms with Crippen molar-refractivity contribution < 1.29 is 4.74 Å². The lowest BCUT2D eigenvalue weighted by Gasteiger charge is -2.06. The lowest BCUT2D eigenvalue weighted by atomic mass is 10.1. The summed E-state index contributed by atoms with van der Waals surface area (Å²) < 4.78 is 5.92. The summed E-state index contributed by atoms with van der Waals surface area (Å²) in [5.41, 5.74) is 3.40. The van der Waals surface area contributed by atoms with Crippen molar-refractivity contribution in [3.63, 3.8) is 0 Å². The van der Waals surface area contributed by atoms with E-state index in [0.717, 1.165) is 41.3 Å². The fraction of sp³-hybridized carbons (Fsp3) is 0.227. The molecule has 1 radical (unpaired) electrons. The number of rotatable bonds is 8. The number of unbranched alkanes of at least 4 members (excludes halogenated alkanes) is 2. The summed E-state index contributed by atoms with van der Waals surface area (Å²) in [7, 11) is 0. The van der Waals surface area contributed by atoms with Gasteiger partial charge in [0.05, 0.1) is 18.2 Å².